The fraction of sp³-hybridized carbons (Fsp3) is 0.769. The van der Waals surface area contributed by atoms with E-state index in [4.69, 9.17) is 0 Å². The Kier molecular flexibility index (Phi) is 7.00. The van der Waals surface area contributed by atoms with Crippen LogP contribution in [0.25, 0.3) is 0 Å². The molecule has 0 aromatic rings. The minimum atomic E-state index is -0.534. The zero-order valence-corrected chi connectivity index (χ0v) is 12.2. The maximum Gasteiger partial charge on any atom is 0.321 e. The molecular formula is C13H24N4O3. The van der Waals surface area contributed by atoms with Gasteiger partial charge in [0.2, 0.25) is 11.8 Å². The van der Waals surface area contributed by atoms with Gasteiger partial charge >= 0.3 is 6.03 Å². The summed E-state index contributed by atoms with van der Waals surface area (Å²) in [5.41, 5.74) is 0. The van der Waals surface area contributed by atoms with Gasteiger partial charge in [-0.3, -0.25) is 14.9 Å². The maximum absolute atomic E-state index is 11.9. The number of rotatable bonds is 5. The highest BCUT2D eigenvalue weighted by Gasteiger charge is 2.18. The molecule has 4 amide bonds. The van der Waals surface area contributed by atoms with Crippen molar-refractivity contribution < 1.29 is 14.4 Å². The zero-order valence-electron chi connectivity index (χ0n) is 12.2. The average Bonchev–Trinajstić information content (AvgIpc) is 2.47. The van der Waals surface area contributed by atoms with E-state index in [1.165, 1.54) is 13.5 Å². The van der Waals surface area contributed by atoms with Crippen molar-refractivity contribution in [3.8, 4) is 0 Å². The third kappa shape index (κ3) is 5.56. The zero-order chi connectivity index (χ0) is 15.0. The molecule has 1 saturated heterocycles. The number of nitrogens with zero attached hydrogens (tertiary/aromatic N) is 1. The van der Waals surface area contributed by atoms with Gasteiger partial charge < -0.3 is 15.5 Å². The number of nitrogens with one attached hydrogen (secondary N) is 3. The summed E-state index contributed by atoms with van der Waals surface area (Å²) in [5, 5.41) is 7.43. The summed E-state index contributed by atoms with van der Waals surface area (Å²) in [6.07, 6.45) is 3.71. The van der Waals surface area contributed by atoms with E-state index in [-0.39, 0.29) is 5.91 Å². The Labute approximate surface area is 119 Å². The van der Waals surface area contributed by atoms with E-state index in [2.05, 4.69) is 16.0 Å². The number of piperidine rings is 1. The van der Waals surface area contributed by atoms with Crippen molar-refractivity contribution in [3.05, 3.63) is 0 Å². The maximum atomic E-state index is 11.9. The molecule has 0 saturated carbocycles. The highest BCUT2D eigenvalue weighted by atomic mass is 16.2. The van der Waals surface area contributed by atoms with Crippen LogP contribution < -0.4 is 16.0 Å². The lowest BCUT2D eigenvalue weighted by molar-refractivity contribution is -0.132. The van der Waals surface area contributed by atoms with Crippen molar-refractivity contribution >= 4 is 17.8 Å². The SMILES string of the molecule is CNC(=O)NC(=O)C(C)NCCC(=O)N1CCCCC1. The number of carbonyl (C=O) groups excluding carboxylic acids is 3. The molecule has 1 heterocycles. The lowest BCUT2D eigenvalue weighted by Crippen LogP contribution is -2.48. The lowest BCUT2D eigenvalue weighted by Gasteiger charge is -2.27. The Morgan fingerprint density at radius 3 is 2.40 bits per heavy atom. The molecule has 1 atom stereocenters. The van der Waals surface area contributed by atoms with Gasteiger partial charge in [-0.15, -0.1) is 0 Å². The fourth-order valence-corrected chi connectivity index (χ4v) is 2.07. The van der Waals surface area contributed by atoms with E-state index in [0.717, 1.165) is 25.9 Å². The monoisotopic (exact) mass is 284 g/mol. The summed E-state index contributed by atoms with van der Waals surface area (Å²) in [5.74, 6) is -0.286. The number of carbonyl (C=O) groups is 3. The van der Waals surface area contributed by atoms with Crippen LogP contribution in [-0.2, 0) is 9.59 Å². The molecule has 0 bridgehead atoms. The predicted molar refractivity (Wildman–Crippen MR) is 75.1 cm³/mol. The number of hydrogen-bond acceptors (Lipinski definition) is 4. The van der Waals surface area contributed by atoms with Crippen LogP contribution in [0.3, 0.4) is 0 Å². The first-order valence-corrected chi connectivity index (χ1v) is 7.08. The van der Waals surface area contributed by atoms with Gasteiger partial charge in [0.15, 0.2) is 0 Å². The number of amides is 4. The smallest absolute Gasteiger partial charge is 0.321 e. The van der Waals surface area contributed by atoms with E-state index in [1.54, 1.807) is 6.92 Å². The third-order valence-electron chi connectivity index (χ3n) is 3.36. The molecule has 0 aromatic carbocycles. The molecule has 3 N–H and O–H groups in total. The van der Waals surface area contributed by atoms with E-state index in [0.29, 0.717) is 13.0 Å². The van der Waals surface area contributed by atoms with E-state index < -0.39 is 18.0 Å². The second-order valence-electron chi connectivity index (χ2n) is 4.94. The molecule has 0 spiro atoms. The number of imide groups is 1. The largest absolute Gasteiger partial charge is 0.343 e. The highest BCUT2D eigenvalue weighted by molar-refractivity contribution is 5.96. The number of likely N-dealkylation sites (tertiary alicyclic amines) is 1. The van der Waals surface area contributed by atoms with Crippen LogP contribution >= 0.6 is 0 Å². The van der Waals surface area contributed by atoms with Gasteiger partial charge in [-0.2, -0.15) is 0 Å². The number of hydrogen-bond donors (Lipinski definition) is 3. The summed E-state index contributed by atoms with van der Waals surface area (Å²) in [6, 6.07) is -1.05. The van der Waals surface area contributed by atoms with Crippen LogP contribution in [0, 0.1) is 0 Å². The Morgan fingerprint density at radius 2 is 1.80 bits per heavy atom. The van der Waals surface area contributed by atoms with Gasteiger partial charge in [0.25, 0.3) is 0 Å². The molecule has 0 radical (unpaired) electrons. The minimum absolute atomic E-state index is 0.121. The first-order valence-electron chi connectivity index (χ1n) is 7.08. The molecule has 1 aliphatic heterocycles. The van der Waals surface area contributed by atoms with Crippen LogP contribution in [0.15, 0.2) is 0 Å². The van der Waals surface area contributed by atoms with E-state index in [1.807, 2.05) is 4.90 Å². The molecule has 0 aromatic heterocycles. The topological polar surface area (TPSA) is 90.5 Å². The van der Waals surface area contributed by atoms with E-state index >= 15 is 0 Å². The molecule has 1 rings (SSSR count). The minimum Gasteiger partial charge on any atom is -0.343 e. The standard InChI is InChI=1S/C13H24N4O3/c1-10(12(19)16-13(20)14-2)15-7-6-11(18)17-8-4-3-5-9-17/h10,15H,3-9H2,1-2H3,(H2,14,16,19,20). The van der Waals surface area contributed by atoms with Crippen molar-refractivity contribution in [1.82, 2.24) is 20.9 Å². The van der Waals surface area contributed by atoms with Crippen LogP contribution in [-0.4, -0.2) is 55.5 Å². The number of urea groups is 1. The van der Waals surface area contributed by atoms with Crippen molar-refractivity contribution in [3.63, 3.8) is 0 Å². The second-order valence-corrected chi connectivity index (χ2v) is 4.94. The summed E-state index contributed by atoms with van der Waals surface area (Å²) >= 11 is 0. The van der Waals surface area contributed by atoms with Gasteiger partial charge in [-0.05, 0) is 26.2 Å². The molecule has 1 aliphatic rings. The second kappa shape index (κ2) is 8.52. The van der Waals surface area contributed by atoms with Gasteiger partial charge in [-0.1, -0.05) is 0 Å². The Balaban J connectivity index is 2.20. The van der Waals surface area contributed by atoms with Gasteiger partial charge in [-0.25, -0.2) is 4.79 Å². The molecule has 1 fully saturated rings. The fourth-order valence-electron chi connectivity index (χ4n) is 2.07. The van der Waals surface area contributed by atoms with Gasteiger partial charge in [0.1, 0.15) is 0 Å². The molecule has 20 heavy (non-hydrogen) atoms. The predicted octanol–water partition coefficient (Wildman–Crippen LogP) is -0.177. The lowest BCUT2D eigenvalue weighted by atomic mass is 10.1. The Hall–Kier alpha value is -1.63. The molecule has 1 unspecified atom stereocenters. The van der Waals surface area contributed by atoms with E-state index in [9.17, 15) is 14.4 Å². The molecule has 7 nitrogen and oxygen atoms in total. The first kappa shape index (κ1) is 16.4. The van der Waals surface area contributed by atoms with Crippen molar-refractivity contribution in [1.29, 1.82) is 0 Å². The normalized spacial score (nSPS) is 16.4. The quantitative estimate of drug-likeness (QED) is 0.653. The highest BCUT2D eigenvalue weighted by Crippen LogP contribution is 2.09. The molecule has 0 aliphatic carbocycles. The summed E-state index contributed by atoms with van der Waals surface area (Å²) in [6.45, 7) is 3.76. The summed E-state index contributed by atoms with van der Waals surface area (Å²) < 4.78 is 0. The van der Waals surface area contributed by atoms with Crippen molar-refractivity contribution in [2.75, 3.05) is 26.7 Å². The van der Waals surface area contributed by atoms with Crippen LogP contribution in [0.5, 0.6) is 0 Å². The van der Waals surface area contributed by atoms with Crippen molar-refractivity contribution in [2.45, 2.75) is 38.6 Å². The first-order chi connectivity index (χ1) is 9.54. The van der Waals surface area contributed by atoms with Crippen LogP contribution in [0.4, 0.5) is 4.79 Å². The van der Waals surface area contributed by atoms with Crippen LogP contribution in [0.1, 0.15) is 32.6 Å². The van der Waals surface area contributed by atoms with Gasteiger partial charge in [0, 0.05) is 33.1 Å². The third-order valence-corrected chi connectivity index (χ3v) is 3.36. The Bertz CT molecular complexity index is 354. The molecule has 7 heteroatoms. The Morgan fingerprint density at radius 1 is 1.15 bits per heavy atom. The van der Waals surface area contributed by atoms with Crippen molar-refractivity contribution in [2.24, 2.45) is 0 Å². The molecular weight excluding hydrogens is 260 g/mol. The van der Waals surface area contributed by atoms with Crippen LogP contribution in [0.2, 0.25) is 0 Å². The summed E-state index contributed by atoms with van der Waals surface area (Å²) in [4.78, 5) is 36.3. The average molecular weight is 284 g/mol. The van der Waals surface area contributed by atoms with Gasteiger partial charge in [0.05, 0.1) is 6.04 Å². The summed E-state index contributed by atoms with van der Waals surface area (Å²) in [7, 11) is 1.44. The molecule has 114 valence electrons.